The molecule has 1 aromatic heterocycles. The van der Waals surface area contributed by atoms with Crippen molar-refractivity contribution >= 4 is 22.8 Å². The number of nitrogens with one attached hydrogen (secondary N) is 1. The molecule has 5 aliphatic rings. The number of carbonyl (C=O) groups is 1. The molecule has 1 aromatic carbocycles. The third-order valence-corrected chi connectivity index (χ3v) is 8.27. The number of hydrogen-bond acceptors (Lipinski definition) is 5. The Morgan fingerprint density at radius 2 is 1.90 bits per heavy atom. The molecule has 1 amide bonds. The van der Waals surface area contributed by atoms with Gasteiger partial charge in [-0.1, -0.05) is 12.1 Å². The summed E-state index contributed by atoms with van der Waals surface area (Å²) in [7, 11) is 0. The molecular weight excluding hydrogens is 380 g/mol. The number of aromatic nitrogens is 2. The van der Waals surface area contributed by atoms with Crippen LogP contribution in [-0.4, -0.2) is 55.4 Å². The highest BCUT2D eigenvalue weighted by Gasteiger charge is 2.59. The van der Waals surface area contributed by atoms with Gasteiger partial charge in [-0.2, -0.15) is 0 Å². The first kappa shape index (κ1) is 18.4. The Morgan fingerprint density at radius 1 is 1.13 bits per heavy atom. The van der Waals surface area contributed by atoms with Gasteiger partial charge in [0.25, 0.3) is 0 Å². The molecule has 7 atom stereocenters. The van der Waals surface area contributed by atoms with Crippen molar-refractivity contribution in [2.45, 2.75) is 56.2 Å². The van der Waals surface area contributed by atoms with Crippen molar-refractivity contribution < 1.29 is 15.0 Å². The summed E-state index contributed by atoms with van der Waals surface area (Å²) in [4.78, 5) is 22.7. The SMILES string of the molecule is O=C(O)N1CCC(Nc2ncnc3ccccc23)[C@H]1C1C2CC3C[C@H]1C[C@@](O)(C3)C2. The maximum Gasteiger partial charge on any atom is 0.407 e. The fourth-order valence-electron chi connectivity index (χ4n) is 7.55. The molecule has 4 unspecified atom stereocenters. The van der Waals surface area contributed by atoms with Gasteiger partial charge in [-0.05, 0) is 74.3 Å². The summed E-state index contributed by atoms with van der Waals surface area (Å²) in [6.45, 7) is 0.546. The van der Waals surface area contributed by atoms with Crippen LogP contribution < -0.4 is 5.32 Å². The summed E-state index contributed by atoms with van der Waals surface area (Å²) in [6.07, 6.45) is 6.39. The number of hydrogen-bond donors (Lipinski definition) is 3. The van der Waals surface area contributed by atoms with E-state index in [0.717, 1.165) is 55.2 Å². The van der Waals surface area contributed by atoms with E-state index < -0.39 is 11.7 Å². The summed E-state index contributed by atoms with van der Waals surface area (Å²) in [6, 6.07) is 7.87. The fraction of sp³-hybridized carbons (Fsp3) is 0.609. The highest BCUT2D eigenvalue weighted by Crippen LogP contribution is 2.60. The van der Waals surface area contributed by atoms with Gasteiger partial charge in [0, 0.05) is 11.9 Å². The van der Waals surface area contributed by atoms with Crippen LogP contribution in [0.4, 0.5) is 10.6 Å². The average Bonchev–Trinajstić information content (AvgIpc) is 3.10. The molecule has 0 radical (unpaired) electrons. The smallest absolute Gasteiger partial charge is 0.407 e. The van der Waals surface area contributed by atoms with E-state index in [0.29, 0.717) is 30.2 Å². The number of para-hydroxylation sites is 1. The topological polar surface area (TPSA) is 98.6 Å². The zero-order chi connectivity index (χ0) is 20.5. The second kappa shape index (κ2) is 6.54. The largest absolute Gasteiger partial charge is 0.465 e. The molecule has 30 heavy (non-hydrogen) atoms. The third-order valence-electron chi connectivity index (χ3n) is 8.27. The second-order valence-electron chi connectivity index (χ2n) is 10.0. The molecule has 3 N–H and O–H groups in total. The summed E-state index contributed by atoms with van der Waals surface area (Å²) < 4.78 is 0. The molecule has 7 nitrogen and oxygen atoms in total. The number of rotatable bonds is 3. The Kier molecular flexibility index (Phi) is 4.01. The number of benzene rings is 1. The minimum atomic E-state index is -0.829. The third kappa shape index (κ3) is 2.78. The van der Waals surface area contributed by atoms with E-state index >= 15 is 0 Å². The van der Waals surface area contributed by atoms with Crippen molar-refractivity contribution in [1.82, 2.24) is 14.9 Å². The van der Waals surface area contributed by atoms with E-state index in [1.165, 1.54) is 0 Å². The van der Waals surface area contributed by atoms with Crippen molar-refractivity contribution in [3.63, 3.8) is 0 Å². The summed E-state index contributed by atoms with van der Waals surface area (Å²) in [5.41, 5.74) is 0.377. The van der Waals surface area contributed by atoms with Gasteiger partial charge in [-0.25, -0.2) is 14.8 Å². The molecule has 7 heteroatoms. The average molecular weight is 409 g/mol. The van der Waals surface area contributed by atoms with Crippen LogP contribution in [-0.2, 0) is 0 Å². The Labute approximate surface area is 175 Å². The molecule has 4 saturated carbocycles. The van der Waals surface area contributed by atoms with Gasteiger partial charge in [-0.15, -0.1) is 0 Å². The lowest BCUT2D eigenvalue weighted by Gasteiger charge is -2.60. The molecule has 4 bridgehead atoms. The first-order chi connectivity index (χ1) is 14.5. The predicted octanol–water partition coefficient (Wildman–Crippen LogP) is 3.35. The monoisotopic (exact) mass is 408 g/mol. The number of likely N-dealkylation sites (tertiary alicyclic amines) is 1. The van der Waals surface area contributed by atoms with Gasteiger partial charge < -0.3 is 20.4 Å². The zero-order valence-corrected chi connectivity index (χ0v) is 16.9. The van der Waals surface area contributed by atoms with Crippen LogP contribution in [0.1, 0.15) is 38.5 Å². The minimum absolute atomic E-state index is 0.0246. The Hall–Kier alpha value is -2.41. The molecule has 1 saturated heterocycles. The fourth-order valence-corrected chi connectivity index (χ4v) is 7.55. The van der Waals surface area contributed by atoms with Gasteiger partial charge >= 0.3 is 6.09 Å². The second-order valence-corrected chi connectivity index (χ2v) is 10.0. The van der Waals surface area contributed by atoms with Gasteiger partial charge in [-0.3, -0.25) is 0 Å². The van der Waals surface area contributed by atoms with E-state index in [1.54, 1.807) is 11.2 Å². The number of fused-ring (bicyclic) bond motifs is 1. The van der Waals surface area contributed by atoms with E-state index in [-0.39, 0.29) is 12.1 Å². The molecule has 158 valence electrons. The van der Waals surface area contributed by atoms with Crippen LogP contribution >= 0.6 is 0 Å². The van der Waals surface area contributed by atoms with Gasteiger partial charge in [0.2, 0.25) is 0 Å². The van der Waals surface area contributed by atoms with Crippen LogP contribution in [0.15, 0.2) is 30.6 Å². The van der Waals surface area contributed by atoms with Crippen molar-refractivity contribution in [1.29, 1.82) is 0 Å². The number of carboxylic acid groups (broad SMARTS) is 1. The van der Waals surface area contributed by atoms with E-state index in [4.69, 9.17) is 0 Å². The zero-order valence-electron chi connectivity index (χ0n) is 16.9. The normalized spacial score (nSPS) is 39.6. The first-order valence-electron chi connectivity index (χ1n) is 11.2. The highest BCUT2D eigenvalue weighted by atomic mass is 16.4. The molecular formula is C23H28N4O3. The number of nitrogens with zero attached hydrogens (tertiary/aromatic N) is 3. The highest BCUT2D eigenvalue weighted by molar-refractivity contribution is 5.88. The lowest BCUT2D eigenvalue weighted by atomic mass is 9.48. The first-order valence-corrected chi connectivity index (χ1v) is 11.2. The van der Waals surface area contributed by atoms with Crippen LogP contribution in [0.25, 0.3) is 10.9 Å². The van der Waals surface area contributed by atoms with Crippen molar-refractivity contribution in [2.75, 3.05) is 11.9 Å². The summed E-state index contributed by atoms with van der Waals surface area (Å²) in [5, 5.41) is 25.5. The number of aliphatic hydroxyl groups is 1. The van der Waals surface area contributed by atoms with Gasteiger partial charge in [0.05, 0.1) is 23.2 Å². The van der Waals surface area contributed by atoms with Crippen LogP contribution in [0, 0.1) is 23.7 Å². The Bertz CT molecular complexity index is 976. The van der Waals surface area contributed by atoms with Crippen molar-refractivity contribution in [2.24, 2.45) is 23.7 Å². The lowest BCUT2D eigenvalue weighted by Crippen LogP contribution is -2.61. The number of anilines is 1. The van der Waals surface area contributed by atoms with Crippen LogP contribution in [0.2, 0.25) is 0 Å². The van der Waals surface area contributed by atoms with Gasteiger partial charge in [0.1, 0.15) is 12.1 Å². The molecule has 2 heterocycles. The summed E-state index contributed by atoms with van der Waals surface area (Å²) in [5.74, 6) is 2.53. The Morgan fingerprint density at radius 3 is 2.63 bits per heavy atom. The quantitative estimate of drug-likeness (QED) is 0.720. The molecule has 7 rings (SSSR count). The number of amides is 1. The molecule has 0 spiro atoms. The maximum absolute atomic E-state index is 12.1. The molecule has 5 fully saturated rings. The van der Waals surface area contributed by atoms with Crippen LogP contribution in [0.5, 0.6) is 0 Å². The predicted molar refractivity (Wildman–Crippen MR) is 112 cm³/mol. The molecule has 4 aliphatic carbocycles. The maximum atomic E-state index is 12.1. The van der Waals surface area contributed by atoms with Crippen molar-refractivity contribution in [3.8, 4) is 0 Å². The lowest BCUT2D eigenvalue weighted by molar-refractivity contribution is -0.162. The van der Waals surface area contributed by atoms with E-state index in [1.807, 2.05) is 24.3 Å². The Balaban J connectivity index is 1.34. The minimum Gasteiger partial charge on any atom is -0.465 e. The van der Waals surface area contributed by atoms with Gasteiger partial charge in [0.15, 0.2) is 0 Å². The van der Waals surface area contributed by atoms with Crippen molar-refractivity contribution in [3.05, 3.63) is 30.6 Å². The summed E-state index contributed by atoms with van der Waals surface area (Å²) >= 11 is 0. The standard InChI is InChI=1S/C23H28N4O3/c28-22(29)27-6-5-18(26-21-16-3-1-2-4-17(16)24-12-25-21)20(27)19-14-7-13-8-15(19)11-23(30,9-13)10-14/h1-4,12-15,18-20,30H,5-11H2,(H,28,29)(H,24,25,26)/t13?,14-,15?,18?,19?,20-,23-/m0/s1. The van der Waals surface area contributed by atoms with E-state index in [9.17, 15) is 15.0 Å². The van der Waals surface area contributed by atoms with Crippen LogP contribution in [0.3, 0.4) is 0 Å². The molecule has 1 aliphatic heterocycles. The van der Waals surface area contributed by atoms with E-state index in [2.05, 4.69) is 15.3 Å². The molecule has 2 aromatic rings.